The number of para-hydroxylation sites is 1. The van der Waals surface area contributed by atoms with Crippen molar-refractivity contribution in [2.45, 2.75) is 51.1 Å². The van der Waals surface area contributed by atoms with Gasteiger partial charge >= 0.3 is 0 Å². The monoisotopic (exact) mass is 249 g/mol. The van der Waals surface area contributed by atoms with Crippen LogP contribution in [-0.2, 0) is 6.54 Å². The Balaban J connectivity index is 1.94. The summed E-state index contributed by atoms with van der Waals surface area (Å²) in [6.45, 7) is 0.724. The lowest BCUT2D eigenvalue weighted by atomic mass is 10.1. The highest BCUT2D eigenvalue weighted by molar-refractivity contribution is 5.38. The second kappa shape index (κ2) is 6.50. The summed E-state index contributed by atoms with van der Waals surface area (Å²) in [4.78, 5) is 10.6. The van der Waals surface area contributed by atoms with Crippen LogP contribution in [0.15, 0.2) is 24.3 Å². The van der Waals surface area contributed by atoms with Crippen molar-refractivity contribution in [2.24, 2.45) is 0 Å². The van der Waals surface area contributed by atoms with Gasteiger partial charge < -0.3 is 5.32 Å². The van der Waals surface area contributed by atoms with Crippen LogP contribution in [0.5, 0.6) is 0 Å². The van der Waals surface area contributed by atoms with Gasteiger partial charge in [0.05, 0.1) is 16.5 Å². The Morgan fingerprint density at radius 3 is 2.50 bits per heavy atom. The molecule has 0 atom stereocenters. The predicted molar refractivity (Wildman–Crippen MR) is 70.2 cm³/mol. The summed E-state index contributed by atoms with van der Waals surface area (Å²) >= 11 is 0. The maximum absolute atomic E-state index is 10.9. The lowest BCUT2D eigenvalue weighted by Gasteiger charge is -2.12. The SMILES string of the molecule is O=[N+]([O-])c1ccccc1C[NH2+]C1CCCCCC1. The number of nitro benzene ring substituents is 1. The van der Waals surface area contributed by atoms with E-state index in [2.05, 4.69) is 5.32 Å². The highest BCUT2D eigenvalue weighted by Gasteiger charge is 2.18. The van der Waals surface area contributed by atoms with Gasteiger partial charge in [0.2, 0.25) is 0 Å². The molecule has 1 aromatic carbocycles. The normalized spacial score (nSPS) is 17.3. The second-order valence-corrected chi connectivity index (χ2v) is 5.08. The molecule has 2 N–H and O–H groups in total. The van der Waals surface area contributed by atoms with Gasteiger partial charge in [-0.25, -0.2) is 0 Å². The minimum atomic E-state index is -0.281. The Kier molecular flexibility index (Phi) is 4.70. The zero-order chi connectivity index (χ0) is 12.8. The third-order valence-corrected chi connectivity index (χ3v) is 3.76. The zero-order valence-corrected chi connectivity index (χ0v) is 10.7. The van der Waals surface area contributed by atoms with Crippen LogP contribution in [0.1, 0.15) is 44.1 Å². The van der Waals surface area contributed by atoms with E-state index in [0.29, 0.717) is 6.04 Å². The van der Waals surface area contributed by atoms with E-state index >= 15 is 0 Å². The van der Waals surface area contributed by atoms with Gasteiger partial charge in [0.25, 0.3) is 5.69 Å². The maximum atomic E-state index is 10.9. The summed E-state index contributed by atoms with van der Waals surface area (Å²) in [5, 5.41) is 13.2. The largest absolute Gasteiger partial charge is 0.340 e. The second-order valence-electron chi connectivity index (χ2n) is 5.08. The molecule has 1 saturated carbocycles. The van der Waals surface area contributed by atoms with Crippen molar-refractivity contribution in [2.75, 3.05) is 0 Å². The standard InChI is InChI=1S/C14H20N2O2/c17-16(18)14-10-6-5-7-12(14)11-15-13-8-3-1-2-4-9-13/h5-7,10,13,15H,1-4,8-9,11H2/p+1. The van der Waals surface area contributed by atoms with E-state index < -0.39 is 0 Å². The van der Waals surface area contributed by atoms with Crippen LogP contribution in [0.25, 0.3) is 0 Å². The number of hydrogen-bond acceptors (Lipinski definition) is 2. The molecule has 0 aliphatic heterocycles. The number of benzene rings is 1. The van der Waals surface area contributed by atoms with Gasteiger partial charge in [-0.3, -0.25) is 10.1 Å². The van der Waals surface area contributed by atoms with E-state index in [0.717, 1.165) is 12.1 Å². The van der Waals surface area contributed by atoms with Gasteiger partial charge in [0.15, 0.2) is 0 Å². The molecule has 4 heteroatoms. The van der Waals surface area contributed by atoms with Crippen LogP contribution < -0.4 is 5.32 Å². The number of nitrogens with zero attached hydrogens (tertiary/aromatic N) is 1. The molecule has 0 radical (unpaired) electrons. The first-order chi connectivity index (χ1) is 8.77. The van der Waals surface area contributed by atoms with Crippen LogP contribution in [-0.4, -0.2) is 11.0 Å². The fourth-order valence-corrected chi connectivity index (χ4v) is 2.70. The van der Waals surface area contributed by atoms with Crippen LogP contribution in [0, 0.1) is 10.1 Å². The smallest absolute Gasteiger partial charge is 0.278 e. The third kappa shape index (κ3) is 3.53. The van der Waals surface area contributed by atoms with Gasteiger partial charge in [-0.05, 0) is 31.7 Å². The van der Waals surface area contributed by atoms with Crippen LogP contribution >= 0.6 is 0 Å². The number of nitro groups is 1. The van der Waals surface area contributed by atoms with Crippen LogP contribution in [0.3, 0.4) is 0 Å². The van der Waals surface area contributed by atoms with Crippen molar-refractivity contribution >= 4 is 5.69 Å². The van der Waals surface area contributed by atoms with Crippen molar-refractivity contribution < 1.29 is 10.2 Å². The maximum Gasteiger partial charge on any atom is 0.278 e. The van der Waals surface area contributed by atoms with Crippen molar-refractivity contribution in [1.29, 1.82) is 0 Å². The molecule has 2 rings (SSSR count). The fraction of sp³-hybridized carbons (Fsp3) is 0.571. The highest BCUT2D eigenvalue weighted by Crippen LogP contribution is 2.17. The molecule has 0 unspecified atom stereocenters. The summed E-state index contributed by atoms with van der Waals surface area (Å²) in [5.74, 6) is 0. The van der Waals surface area contributed by atoms with Crippen molar-refractivity contribution in [1.82, 2.24) is 0 Å². The molecule has 0 amide bonds. The Bertz CT molecular complexity index is 399. The van der Waals surface area contributed by atoms with Gasteiger partial charge in [0.1, 0.15) is 6.54 Å². The summed E-state index contributed by atoms with van der Waals surface area (Å²) in [6, 6.07) is 7.71. The number of rotatable bonds is 4. The van der Waals surface area contributed by atoms with E-state index in [9.17, 15) is 10.1 Å². The van der Waals surface area contributed by atoms with Crippen molar-refractivity contribution in [3.05, 3.63) is 39.9 Å². The van der Waals surface area contributed by atoms with Crippen LogP contribution in [0.2, 0.25) is 0 Å². The first-order valence-electron chi connectivity index (χ1n) is 6.83. The quantitative estimate of drug-likeness (QED) is 0.506. The lowest BCUT2D eigenvalue weighted by molar-refractivity contribution is -0.705. The number of hydrogen-bond donors (Lipinski definition) is 1. The molecule has 0 aromatic heterocycles. The van der Waals surface area contributed by atoms with Gasteiger partial charge in [-0.2, -0.15) is 0 Å². The topological polar surface area (TPSA) is 59.8 Å². The number of nitrogens with two attached hydrogens (primary N) is 1. The first-order valence-corrected chi connectivity index (χ1v) is 6.83. The molecule has 1 aliphatic rings. The molecule has 4 nitrogen and oxygen atoms in total. The van der Waals surface area contributed by atoms with E-state index in [1.54, 1.807) is 12.1 Å². The van der Waals surface area contributed by atoms with E-state index in [1.807, 2.05) is 12.1 Å². The summed E-state index contributed by atoms with van der Waals surface area (Å²) in [7, 11) is 0. The van der Waals surface area contributed by atoms with E-state index in [1.165, 1.54) is 38.5 Å². The number of quaternary nitrogens is 1. The van der Waals surface area contributed by atoms with E-state index in [-0.39, 0.29) is 10.6 Å². The van der Waals surface area contributed by atoms with E-state index in [4.69, 9.17) is 0 Å². The molecule has 0 bridgehead atoms. The first kappa shape index (κ1) is 13.0. The molecule has 0 saturated heterocycles. The summed E-state index contributed by atoms with van der Waals surface area (Å²) in [6.07, 6.45) is 7.79. The average Bonchev–Trinajstić information content (AvgIpc) is 2.65. The molecular weight excluding hydrogens is 228 g/mol. The lowest BCUT2D eigenvalue weighted by Crippen LogP contribution is -2.88. The molecule has 1 fully saturated rings. The molecule has 0 spiro atoms. The Hall–Kier alpha value is -1.42. The minimum Gasteiger partial charge on any atom is -0.340 e. The molecule has 0 heterocycles. The average molecular weight is 249 g/mol. The van der Waals surface area contributed by atoms with Gasteiger partial charge in [-0.1, -0.05) is 25.0 Å². The molecular formula is C14H21N2O2+. The molecule has 1 aliphatic carbocycles. The zero-order valence-electron chi connectivity index (χ0n) is 10.7. The third-order valence-electron chi connectivity index (χ3n) is 3.76. The Labute approximate surface area is 108 Å². The van der Waals surface area contributed by atoms with Crippen molar-refractivity contribution in [3.8, 4) is 0 Å². The Morgan fingerprint density at radius 1 is 1.17 bits per heavy atom. The Morgan fingerprint density at radius 2 is 1.83 bits per heavy atom. The predicted octanol–water partition coefficient (Wildman–Crippen LogP) is 2.38. The van der Waals surface area contributed by atoms with Gasteiger partial charge in [-0.15, -0.1) is 0 Å². The van der Waals surface area contributed by atoms with Gasteiger partial charge in [0, 0.05) is 6.07 Å². The fourth-order valence-electron chi connectivity index (χ4n) is 2.70. The van der Waals surface area contributed by atoms with Crippen LogP contribution in [0.4, 0.5) is 5.69 Å². The molecule has 1 aromatic rings. The summed E-state index contributed by atoms with van der Waals surface area (Å²) < 4.78 is 0. The molecule has 18 heavy (non-hydrogen) atoms. The summed E-state index contributed by atoms with van der Waals surface area (Å²) in [5.41, 5.74) is 1.09. The molecule has 98 valence electrons. The van der Waals surface area contributed by atoms with Crippen molar-refractivity contribution in [3.63, 3.8) is 0 Å². The minimum absolute atomic E-state index is 0.252. The highest BCUT2D eigenvalue weighted by atomic mass is 16.6.